The van der Waals surface area contributed by atoms with Crippen molar-refractivity contribution < 1.29 is 21.6 Å². The molecule has 1 aromatic rings. The number of nitrogens with zero attached hydrogens (tertiary/aromatic N) is 2. The molecule has 1 heterocycles. The van der Waals surface area contributed by atoms with E-state index in [0.29, 0.717) is 38.9 Å². The molecule has 27 heavy (non-hydrogen) atoms. The molecule has 1 N–H and O–H groups in total. The van der Waals surface area contributed by atoms with Crippen LogP contribution in [0, 0.1) is 0 Å². The Kier molecular flexibility index (Phi) is 6.24. The van der Waals surface area contributed by atoms with Crippen LogP contribution in [0.25, 0.3) is 0 Å². The van der Waals surface area contributed by atoms with Crippen LogP contribution in [0.4, 0.5) is 0 Å². The quantitative estimate of drug-likeness (QED) is 0.661. The summed E-state index contributed by atoms with van der Waals surface area (Å²) in [6, 6.07) is 6.01. The molecule has 0 spiro atoms. The van der Waals surface area contributed by atoms with E-state index >= 15 is 0 Å². The second kappa shape index (κ2) is 8.14. The van der Waals surface area contributed by atoms with Crippen molar-refractivity contribution in [3.8, 4) is 0 Å². The number of benzene rings is 1. The van der Waals surface area contributed by atoms with E-state index in [1.54, 1.807) is 0 Å². The van der Waals surface area contributed by atoms with Crippen LogP contribution in [0.5, 0.6) is 0 Å². The van der Waals surface area contributed by atoms with Crippen molar-refractivity contribution in [2.24, 2.45) is 0 Å². The Morgan fingerprint density at radius 2 is 1.67 bits per heavy atom. The topological polar surface area (TPSA) is 96.0 Å². The third-order valence-corrected chi connectivity index (χ3v) is 8.48. The van der Waals surface area contributed by atoms with E-state index in [9.17, 15) is 16.8 Å². The zero-order valence-corrected chi connectivity index (χ0v) is 17.3. The monoisotopic (exact) mass is 417 g/mol. The molecule has 2 aliphatic rings. The molecule has 3 rings (SSSR count). The molecule has 0 radical (unpaired) electrons. The molecule has 0 bridgehead atoms. The largest absolute Gasteiger partial charge is 0.379 e. The van der Waals surface area contributed by atoms with Crippen molar-refractivity contribution in [1.29, 1.82) is 0 Å². The lowest BCUT2D eigenvalue weighted by molar-refractivity contribution is 0.0730. The summed E-state index contributed by atoms with van der Waals surface area (Å²) in [5.41, 5.74) is 0. The van der Waals surface area contributed by atoms with Crippen molar-refractivity contribution in [3.63, 3.8) is 0 Å². The van der Waals surface area contributed by atoms with Gasteiger partial charge in [0.15, 0.2) is 0 Å². The van der Waals surface area contributed by atoms with Gasteiger partial charge in [-0.05, 0) is 51.1 Å². The lowest BCUT2D eigenvalue weighted by atomic mass is 10.3. The zero-order chi connectivity index (χ0) is 19.7. The Morgan fingerprint density at radius 3 is 2.22 bits per heavy atom. The van der Waals surface area contributed by atoms with E-state index in [-0.39, 0.29) is 15.8 Å². The highest BCUT2D eigenvalue weighted by Crippen LogP contribution is 2.27. The second-order valence-electron chi connectivity index (χ2n) is 7.09. The van der Waals surface area contributed by atoms with Gasteiger partial charge >= 0.3 is 0 Å². The van der Waals surface area contributed by atoms with Crippen molar-refractivity contribution in [1.82, 2.24) is 13.9 Å². The minimum Gasteiger partial charge on any atom is -0.379 e. The molecule has 10 heteroatoms. The zero-order valence-electron chi connectivity index (χ0n) is 15.7. The molecular formula is C17H27N3O5S2. The van der Waals surface area contributed by atoms with Crippen LogP contribution in [0.3, 0.4) is 0 Å². The van der Waals surface area contributed by atoms with E-state index in [1.807, 2.05) is 14.0 Å². The number of rotatable bonds is 8. The molecule has 1 atom stereocenters. The van der Waals surface area contributed by atoms with Crippen molar-refractivity contribution in [2.45, 2.75) is 41.6 Å². The molecule has 1 aliphatic heterocycles. The summed E-state index contributed by atoms with van der Waals surface area (Å²) in [6.07, 6.45) is 2.32. The molecule has 1 saturated carbocycles. The number of morpholine rings is 1. The second-order valence-corrected chi connectivity index (χ2v) is 10.8. The molecule has 152 valence electrons. The fraction of sp³-hybridized carbons (Fsp3) is 0.647. The standard InChI is InChI=1S/C17H27N3O5S2/c1-14(19(2)15-3-4-15)13-18-26(21,22)16-5-7-17(8-6-16)27(23,24)20-9-11-25-12-10-20/h5-8,14-15,18H,3-4,9-13H2,1-2H3. The van der Waals surface area contributed by atoms with Gasteiger partial charge in [-0.1, -0.05) is 0 Å². The van der Waals surface area contributed by atoms with Gasteiger partial charge in [0, 0.05) is 31.7 Å². The van der Waals surface area contributed by atoms with Gasteiger partial charge in [-0.2, -0.15) is 4.31 Å². The number of nitrogens with one attached hydrogen (secondary N) is 1. The number of ether oxygens (including phenoxy) is 1. The minimum atomic E-state index is -3.69. The summed E-state index contributed by atoms with van der Waals surface area (Å²) in [5, 5.41) is 0. The first-order valence-corrected chi connectivity index (χ1v) is 12.0. The van der Waals surface area contributed by atoms with Gasteiger partial charge in [0.25, 0.3) is 0 Å². The average Bonchev–Trinajstić information content (AvgIpc) is 3.51. The van der Waals surface area contributed by atoms with Crippen LogP contribution >= 0.6 is 0 Å². The molecule has 0 aromatic heterocycles. The number of likely N-dealkylation sites (N-methyl/N-ethyl adjacent to an activating group) is 1. The first-order valence-electron chi connectivity index (χ1n) is 9.11. The van der Waals surface area contributed by atoms with Gasteiger partial charge in [-0.3, -0.25) is 4.90 Å². The van der Waals surface area contributed by atoms with Crippen LogP contribution in [0.2, 0.25) is 0 Å². The van der Waals surface area contributed by atoms with Crippen LogP contribution < -0.4 is 4.72 Å². The van der Waals surface area contributed by atoms with Gasteiger partial charge in [-0.15, -0.1) is 0 Å². The summed E-state index contributed by atoms with van der Waals surface area (Å²) >= 11 is 0. The fourth-order valence-electron chi connectivity index (χ4n) is 3.03. The lowest BCUT2D eigenvalue weighted by Gasteiger charge is -2.26. The van der Waals surface area contributed by atoms with Gasteiger partial charge in [0.1, 0.15) is 0 Å². The highest BCUT2D eigenvalue weighted by molar-refractivity contribution is 7.89. The van der Waals surface area contributed by atoms with Gasteiger partial charge in [-0.25, -0.2) is 21.6 Å². The fourth-order valence-corrected chi connectivity index (χ4v) is 5.56. The number of hydrogen-bond donors (Lipinski definition) is 1. The van der Waals surface area contributed by atoms with Crippen LogP contribution in [0.1, 0.15) is 19.8 Å². The predicted molar refractivity (Wildman–Crippen MR) is 101 cm³/mol. The molecule has 8 nitrogen and oxygen atoms in total. The smallest absolute Gasteiger partial charge is 0.243 e. The molecule has 1 aromatic carbocycles. The van der Waals surface area contributed by atoms with Crippen molar-refractivity contribution in [2.75, 3.05) is 39.9 Å². The third-order valence-electron chi connectivity index (χ3n) is 5.13. The van der Waals surface area contributed by atoms with Gasteiger partial charge < -0.3 is 4.74 Å². The van der Waals surface area contributed by atoms with E-state index in [4.69, 9.17) is 4.74 Å². The normalized spacial score (nSPS) is 20.7. The van der Waals surface area contributed by atoms with Gasteiger partial charge in [0.2, 0.25) is 20.0 Å². The predicted octanol–water partition coefficient (Wildman–Crippen LogP) is 0.469. The highest BCUT2D eigenvalue weighted by atomic mass is 32.2. The van der Waals surface area contributed by atoms with Crippen LogP contribution in [0.15, 0.2) is 34.1 Å². The molecule has 1 unspecified atom stereocenters. The maximum atomic E-state index is 12.6. The van der Waals surface area contributed by atoms with E-state index in [1.165, 1.54) is 28.6 Å². The molecular weight excluding hydrogens is 390 g/mol. The number of hydrogen-bond acceptors (Lipinski definition) is 6. The highest BCUT2D eigenvalue weighted by Gasteiger charge is 2.30. The Hall–Kier alpha value is -1.04. The average molecular weight is 418 g/mol. The summed E-state index contributed by atoms with van der Waals surface area (Å²) < 4.78 is 59.4. The first kappa shape index (κ1) is 20.7. The van der Waals surface area contributed by atoms with E-state index < -0.39 is 20.0 Å². The molecule has 1 saturated heterocycles. The van der Waals surface area contributed by atoms with Crippen LogP contribution in [-0.2, 0) is 24.8 Å². The lowest BCUT2D eigenvalue weighted by Crippen LogP contribution is -2.41. The number of sulfonamides is 2. The Balaban J connectivity index is 1.66. The Morgan fingerprint density at radius 1 is 1.11 bits per heavy atom. The Bertz CT molecular complexity index is 845. The van der Waals surface area contributed by atoms with Crippen molar-refractivity contribution in [3.05, 3.63) is 24.3 Å². The maximum Gasteiger partial charge on any atom is 0.243 e. The third kappa shape index (κ3) is 4.87. The first-order chi connectivity index (χ1) is 12.7. The van der Waals surface area contributed by atoms with Crippen molar-refractivity contribution >= 4 is 20.0 Å². The van der Waals surface area contributed by atoms with Gasteiger partial charge in [0.05, 0.1) is 23.0 Å². The SMILES string of the molecule is CC(CNS(=O)(=O)c1ccc(S(=O)(=O)N2CCOCC2)cc1)N(C)C1CC1. The van der Waals surface area contributed by atoms with Crippen LogP contribution in [-0.4, -0.2) is 78.0 Å². The summed E-state index contributed by atoms with van der Waals surface area (Å²) in [5.74, 6) is 0. The summed E-state index contributed by atoms with van der Waals surface area (Å²) in [4.78, 5) is 2.33. The Labute approximate surface area is 161 Å². The minimum absolute atomic E-state index is 0.0599. The van der Waals surface area contributed by atoms with E-state index in [0.717, 1.165) is 12.8 Å². The van der Waals surface area contributed by atoms with E-state index in [2.05, 4.69) is 9.62 Å². The summed E-state index contributed by atoms with van der Waals surface area (Å²) in [7, 11) is -5.32. The maximum absolute atomic E-state index is 12.6. The molecule has 1 aliphatic carbocycles. The molecule has 2 fully saturated rings. The molecule has 0 amide bonds. The summed E-state index contributed by atoms with van der Waals surface area (Å²) in [6.45, 7) is 3.63.